The van der Waals surface area contributed by atoms with E-state index in [1.807, 2.05) is 18.3 Å². The Morgan fingerprint density at radius 2 is 1.96 bits per heavy atom. The van der Waals surface area contributed by atoms with Crippen molar-refractivity contribution in [3.05, 3.63) is 51.7 Å². The molecule has 0 amide bonds. The zero-order valence-corrected chi connectivity index (χ0v) is 15.5. The maximum atomic E-state index is 13.1. The number of aliphatic imine (C=N–C) groups is 1. The molecule has 0 radical (unpaired) electrons. The lowest BCUT2D eigenvalue weighted by atomic mass is 9.84. The van der Waals surface area contributed by atoms with Crippen LogP contribution >= 0.6 is 11.3 Å². The van der Waals surface area contributed by atoms with Crippen molar-refractivity contribution in [3.8, 4) is 0 Å². The maximum absolute atomic E-state index is 13.1. The van der Waals surface area contributed by atoms with E-state index in [2.05, 4.69) is 41.4 Å². The van der Waals surface area contributed by atoms with E-state index in [0.29, 0.717) is 6.54 Å². The predicted octanol–water partition coefficient (Wildman–Crippen LogP) is 3.28. The van der Waals surface area contributed by atoms with E-state index in [1.54, 1.807) is 18.4 Å². The van der Waals surface area contributed by atoms with Gasteiger partial charge >= 0.3 is 0 Å². The lowest BCUT2D eigenvalue weighted by molar-refractivity contribution is 0.507. The summed E-state index contributed by atoms with van der Waals surface area (Å²) < 4.78 is 13.1. The van der Waals surface area contributed by atoms with E-state index in [9.17, 15) is 4.39 Å². The van der Waals surface area contributed by atoms with Crippen molar-refractivity contribution >= 4 is 17.3 Å². The normalized spacial score (nSPS) is 12.3. The molecule has 4 nitrogen and oxygen atoms in total. The van der Waals surface area contributed by atoms with Crippen LogP contribution in [-0.2, 0) is 11.8 Å². The van der Waals surface area contributed by atoms with Gasteiger partial charge in [-0.1, -0.05) is 26.0 Å². The van der Waals surface area contributed by atoms with Gasteiger partial charge in [0.1, 0.15) is 5.82 Å². The molecule has 0 atom stereocenters. The Bertz CT molecular complexity index is 677. The van der Waals surface area contributed by atoms with Gasteiger partial charge in [-0.3, -0.25) is 4.99 Å². The predicted molar refractivity (Wildman–Crippen MR) is 99.3 cm³/mol. The maximum Gasteiger partial charge on any atom is 0.191 e. The Morgan fingerprint density at radius 1 is 1.25 bits per heavy atom. The van der Waals surface area contributed by atoms with Crippen LogP contribution in [0.25, 0.3) is 0 Å². The third-order valence-electron chi connectivity index (χ3n) is 3.85. The Hall–Kier alpha value is -1.95. The third kappa shape index (κ3) is 5.30. The van der Waals surface area contributed by atoms with Crippen molar-refractivity contribution in [1.82, 2.24) is 15.6 Å². The molecule has 0 fully saturated rings. The van der Waals surface area contributed by atoms with Crippen molar-refractivity contribution in [2.24, 2.45) is 4.99 Å². The molecule has 130 valence electrons. The number of rotatable bonds is 6. The van der Waals surface area contributed by atoms with E-state index in [4.69, 9.17) is 0 Å². The fourth-order valence-corrected chi connectivity index (χ4v) is 3.12. The molecule has 2 rings (SSSR count). The second kappa shape index (κ2) is 8.24. The van der Waals surface area contributed by atoms with E-state index >= 15 is 0 Å². The summed E-state index contributed by atoms with van der Waals surface area (Å²) in [4.78, 5) is 9.84. The molecule has 0 bridgehead atoms. The number of hydrogen-bond donors (Lipinski definition) is 2. The summed E-state index contributed by atoms with van der Waals surface area (Å²) in [5.41, 5.74) is 0.961. The van der Waals surface area contributed by atoms with Gasteiger partial charge in [-0.25, -0.2) is 9.37 Å². The summed E-state index contributed by atoms with van der Waals surface area (Å²) in [5.74, 6) is 0.552. The minimum Gasteiger partial charge on any atom is -0.356 e. The topological polar surface area (TPSA) is 49.3 Å². The van der Waals surface area contributed by atoms with Crippen molar-refractivity contribution in [2.75, 3.05) is 20.1 Å². The second-order valence-corrected chi connectivity index (χ2v) is 7.68. The Labute approximate surface area is 147 Å². The Morgan fingerprint density at radius 3 is 2.54 bits per heavy atom. The minimum absolute atomic E-state index is 0.127. The lowest BCUT2D eigenvalue weighted by Gasteiger charge is -2.26. The fourth-order valence-electron chi connectivity index (χ4n) is 2.33. The Balaban J connectivity index is 1.82. The average Bonchev–Trinajstić information content (AvgIpc) is 2.96. The highest BCUT2D eigenvalue weighted by atomic mass is 32.1. The van der Waals surface area contributed by atoms with Crippen molar-refractivity contribution in [3.63, 3.8) is 0 Å². The molecule has 2 N–H and O–H groups in total. The summed E-state index contributed by atoms with van der Waals surface area (Å²) in [7, 11) is 1.76. The van der Waals surface area contributed by atoms with Crippen LogP contribution in [0.2, 0.25) is 0 Å². The number of thiazole rings is 1. The summed E-state index contributed by atoms with van der Waals surface area (Å²) in [6, 6.07) is 6.66. The molecule has 1 heterocycles. The minimum atomic E-state index is -0.211. The van der Waals surface area contributed by atoms with Crippen molar-refractivity contribution in [1.29, 1.82) is 0 Å². The molecule has 24 heavy (non-hydrogen) atoms. The van der Waals surface area contributed by atoms with Gasteiger partial charge in [0.25, 0.3) is 0 Å². The number of halogens is 1. The van der Waals surface area contributed by atoms with Crippen LogP contribution in [0.3, 0.4) is 0 Å². The molecule has 0 saturated carbocycles. The number of nitrogens with zero attached hydrogens (tertiary/aromatic N) is 2. The molecule has 2 aromatic rings. The smallest absolute Gasteiger partial charge is 0.191 e. The van der Waals surface area contributed by atoms with Crippen LogP contribution in [0.5, 0.6) is 0 Å². The summed E-state index contributed by atoms with van der Waals surface area (Å²) in [5, 5.41) is 7.78. The fraction of sp³-hybridized carbons (Fsp3) is 0.444. The molecule has 0 unspecified atom stereocenters. The van der Waals surface area contributed by atoms with Gasteiger partial charge in [0.2, 0.25) is 0 Å². The first-order valence-electron chi connectivity index (χ1n) is 8.02. The molecule has 1 aromatic heterocycles. The van der Waals surface area contributed by atoms with E-state index < -0.39 is 0 Å². The van der Waals surface area contributed by atoms with Gasteiger partial charge in [0.15, 0.2) is 5.96 Å². The number of aryl methyl sites for hydroxylation is 1. The summed E-state index contributed by atoms with van der Waals surface area (Å²) >= 11 is 1.72. The monoisotopic (exact) mass is 348 g/mol. The van der Waals surface area contributed by atoms with Crippen LogP contribution in [0.4, 0.5) is 4.39 Å². The number of nitrogens with one attached hydrogen (secondary N) is 2. The van der Waals surface area contributed by atoms with Crippen molar-refractivity contribution < 1.29 is 4.39 Å². The quantitative estimate of drug-likeness (QED) is 0.622. The van der Waals surface area contributed by atoms with Gasteiger partial charge in [0.05, 0.1) is 5.01 Å². The number of guanidine groups is 1. The van der Waals surface area contributed by atoms with Crippen LogP contribution in [-0.4, -0.2) is 31.1 Å². The molecule has 6 heteroatoms. The molecule has 0 aliphatic heterocycles. The van der Waals surface area contributed by atoms with E-state index in [0.717, 1.165) is 29.5 Å². The van der Waals surface area contributed by atoms with Gasteiger partial charge < -0.3 is 10.6 Å². The van der Waals surface area contributed by atoms with Crippen LogP contribution in [0.15, 0.2) is 35.5 Å². The average molecular weight is 348 g/mol. The number of aromatic nitrogens is 1. The van der Waals surface area contributed by atoms with E-state index in [1.165, 1.54) is 17.0 Å². The molecule has 1 aromatic carbocycles. The molecular formula is C18H25FN4S. The summed E-state index contributed by atoms with van der Waals surface area (Å²) in [6.45, 7) is 7.79. The first-order valence-corrected chi connectivity index (χ1v) is 8.84. The molecule has 0 aliphatic rings. The van der Waals surface area contributed by atoms with Gasteiger partial charge in [-0.15, -0.1) is 11.3 Å². The highest BCUT2D eigenvalue weighted by Crippen LogP contribution is 2.22. The zero-order chi connectivity index (χ0) is 17.6. The standard InChI is InChI=1S/C18H25FN4S/c1-13-11-22-16(24-13)9-10-21-17(20-4)23-12-18(2,3)14-5-7-15(19)8-6-14/h5-8,11H,9-10,12H2,1-4H3,(H2,20,21,23). The van der Waals surface area contributed by atoms with Crippen molar-refractivity contribution in [2.45, 2.75) is 32.6 Å². The first-order chi connectivity index (χ1) is 11.4. The zero-order valence-electron chi connectivity index (χ0n) is 14.7. The molecule has 0 saturated heterocycles. The highest BCUT2D eigenvalue weighted by Gasteiger charge is 2.20. The van der Waals surface area contributed by atoms with E-state index in [-0.39, 0.29) is 11.2 Å². The third-order valence-corrected chi connectivity index (χ3v) is 4.82. The number of hydrogen-bond acceptors (Lipinski definition) is 3. The highest BCUT2D eigenvalue weighted by molar-refractivity contribution is 7.11. The molecule has 0 aliphatic carbocycles. The van der Waals surface area contributed by atoms with Crippen LogP contribution in [0.1, 0.15) is 29.3 Å². The molecular weight excluding hydrogens is 323 g/mol. The van der Waals surface area contributed by atoms with Crippen LogP contribution < -0.4 is 10.6 Å². The Kier molecular flexibility index (Phi) is 6.31. The van der Waals surface area contributed by atoms with Gasteiger partial charge in [0, 0.05) is 43.0 Å². The number of benzene rings is 1. The molecule has 0 spiro atoms. The summed E-state index contributed by atoms with van der Waals surface area (Å²) in [6.07, 6.45) is 2.78. The lowest BCUT2D eigenvalue weighted by Crippen LogP contribution is -2.44. The SMILES string of the molecule is CN=C(NCCc1ncc(C)s1)NCC(C)(C)c1ccc(F)cc1. The second-order valence-electron chi connectivity index (χ2n) is 6.36. The van der Waals surface area contributed by atoms with Crippen LogP contribution in [0, 0.1) is 12.7 Å². The largest absolute Gasteiger partial charge is 0.356 e. The van der Waals surface area contributed by atoms with Gasteiger partial charge in [-0.05, 0) is 24.6 Å². The first kappa shape index (κ1) is 18.4. The van der Waals surface area contributed by atoms with Gasteiger partial charge in [-0.2, -0.15) is 0 Å².